The summed E-state index contributed by atoms with van der Waals surface area (Å²) in [6.45, 7) is 6.24. The number of amides is 1. The van der Waals surface area contributed by atoms with Crippen LogP contribution in [0, 0.1) is 11.8 Å². The minimum atomic E-state index is -0.776. The number of hydrogen-bond acceptors (Lipinski definition) is 5. The molecule has 0 aromatic carbocycles. The number of aliphatic imine (C=N–C) groups is 1. The molecule has 1 heterocycles. The van der Waals surface area contributed by atoms with Crippen LogP contribution >= 0.6 is 0 Å². The van der Waals surface area contributed by atoms with E-state index in [4.69, 9.17) is 16.7 Å². The van der Waals surface area contributed by atoms with Gasteiger partial charge in [0.2, 0.25) is 5.91 Å². The van der Waals surface area contributed by atoms with Crippen molar-refractivity contribution in [2.45, 2.75) is 51.8 Å². The summed E-state index contributed by atoms with van der Waals surface area (Å²) < 4.78 is 0. The van der Waals surface area contributed by atoms with Crippen molar-refractivity contribution < 1.29 is 15.1 Å². The monoisotopic (exact) mass is 342 g/mol. The first-order valence-electron chi connectivity index (χ1n) is 8.29. The SMILES string of the molecule is CCC(CC)C(NC(C)=O)C1C(O)CN(/C=N/O)CC1N=C(N)N. The van der Waals surface area contributed by atoms with Crippen molar-refractivity contribution in [3.8, 4) is 0 Å². The Morgan fingerprint density at radius 1 is 1.38 bits per heavy atom. The molecule has 1 aliphatic rings. The van der Waals surface area contributed by atoms with Gasteiger partial charge in [0.05, 0.1) is 12.1 Å². The van der Waals surface area contributed by atoms with E-state index in [1.54, 1.807) is 4.90 Å². The molecule has 9 nitrogen and oxygen atoms in total. The molecular weight excluding hydrogens is 312 g/mol. The lowest BCUT2D eigenvalue weighted by molar-refractivity contribution is -0.121. The maximum atomic E-state index is 11.7. The molecule has 0 radical (unpaired) electrons. The van der Waals surface area contributed by atoms with Crippen molar-refractivity contribution in [2.24, 2.45) is 33.5 Å². The van der Waals surface area contributed by atoms with Crippen LogP contribution in [0.3, 0.4) is 0 Å². The first-order chi connectivity index (χ1) is 11.3. The number of nitrogens with zero attached hydrogens (tertiary/aromatic N) is 3. The largest absolute Gasteiger partial charge is 0.410 e. The molecule has 0 saturated carbocycles. The summed E-state index contributed by atoms with van der Waals surface area (Å²) in [6, 6.07) is -0.664. The molecule has 7 N–H and O–H groups in total. The molecule has 138 valence electrons. The number of aliphatic hydroxyl groups is 1. The Morgan fingerprint density at radius 3 is 2.46 bits per heavy atom. The molecule has 1 fully saturated rings. The van der Waals surface area contributed by atoms with Gasteiger partial charge in [-0.3, -0.25) is 4.79 Å². The van der Waals surface area contributed by atoms with Crippen LogP contribution < -0.4 is 16.8 Å². The van der Waals surface area contributed by atoms with E-state index in [1.165, 1.54) is 13.3 Å². The standard InChI is InChI=1S/C15H30N6O3/c1-4-10(5-2)14(19-9(3)22)13-11(20-15(16)17)6-21(8-18-24)7-12(13)23/h8,10-14,23-24H,4-7H2,1-3H3,(H,19,22)(H4,16,17,20)/b18-8+. The van der Waals surface area contributed by atoms with Crippen molar-refractivity contribution in [1.29, 1.82) is 0 Å². The van der Waals surface area contributed by atoms with Gasteiger partial charge in [0, 0.05) is 32.0 Å². The van der Waals surface area contributed by atoms with E-state index in [2.05, 4.69) is 29.3 Å². The third kappa shape index (κ3) is 5.26. The zero-order valence-corrected chi connectivity index (χ0v) is 14.6. The first kappa shape index (κ1) is 20.0. The van der Waals surface area contributed by atoms with Gasteiger partial charge in [-0.2, -0.15) is 0 Å². The van der Waals surface area contributed by atoms with Crippen LogP contribution in [-0.4, -0.2) is 64.7 Å². The fourth-order valence-corrected chi connectivity index (χ4v) is 3.58. The zero-order valence-electron chi connectivity index (χ0n) is 14.6. The fraction of sp³-hybridized carbons (Fsp3) is 0.800. The van der Waals surface area contributed by atoms with Gasteiger partial charge >= 0.3 is 0 Å². The molecule has 1 saturated heterocycles. The Hall–Kier alpha value is -2.03. The van der Waals surface area contributed by atoms with Gasteiger partial charge in [-0.1, -0.05) is 31.8 Å². The minimum Gasteiger partial charge on any atom is -0.410 e. The lowest BCUT2D eigenvalue weighted by atomic mass is 9.76. The number of piperidine rings is 1. The average molecular weight is 342 g/mol. The van der Waals surface area contributed by atoms with Crippen LogP contribution in [0.2, 0.25) is 0 Å². The van der Waals surface area contributed by atoms with Crippen molar-refractivity contribution in [2.75, 3.05) is 13.1 Å². The molecule has 4 atom stereocenters. The molecule has 1 aliphatic heterocycles. The number of guanidine groups is 1. The topological polar surface area (TPSA) is 150 Å². The summed E-state index contributed by atoms with van der Waals surface area (Å²) in [7, 11) is 0. The molecule has 0 aliphatic carbocycles. The molecule has 1 amide bonds. The van der Waals surface area contributed by atoms with Crippen molar-refractivity contribution in [3.63, 3.8) is 0 Å². The Balaban J connectivity index is 3.19. The highest BCUT2D eigenvalue weighted by molar-refractivity contribution is 5.76. The Kier molecular flexibility index (Phi) is 7.76. The van der Waals surface area contributed by atoms with E-state index < -0.39 is 12.1 Å². The Morgan fingerprint density at radius 2 is 2.00 bits per heavy atom. The van der Waals surface area contributed by atoms with Gasteiger partial charge in [-0.15, -0.1) is 0 Å². The fourth-order valence-electron chi connectivity index (χ4n) is 3.58. The van der Waals surface area contributed by atoms with Crippen LogP contribution in [0.15, 0.2) is 10.1 Å². The molecule has 1 rings (SSSR count). The van der Waals surface area contributed by atoms with Crippen molar-refractivity contribution >= 4 is 18.2 Å². The maximum absolute atomic E-state index is 11.7. The van der Waals surface area contributed by atoms with E-state index >= 15 is 0 Å². The van der Waals surface area contributed by atoms with E-state index in [1.807, 2.05) is 0 Å². The molecule has 24 heavy (non-hydrogen) atoms. The number of oxime groups is 1. The van der Waals surface area contributed by atoms with E-state index in [-0.39, 0.29) is 36.3 Å². The van der Waals surface area contributed by atoms with Gasteiger partial charge in [-0.25, -0.2) is 4.99 Å². The van der Waals surface area contributed by atoms with Crippen molar-refractivity contribution in [1.82, 2.24) is 10.2 Å². The quantitative estimate of drug-likeness (QED) is 0.178. The molecular formula is C15H30N6O3. The highest BCUT2D eigenvalue weighted by Crippen LogP contribution is 2.30. The lowest BCUT2D eigenvalue weighted by Gasteiger charge is -2.45. The smallest absolute Gasteiger partial charge is 0.217 e. The van der Waals surface area contributed by atoms with Crippen LogP contribution in [-0.2, 0) is 4.79 Å². The summed E-state index contributed by atoms with van der Waals surface area (Å²) in [5, 5.41) is 25.4. The second-order valence-corrected chi connectivity index (χ2v) is 6.25. The summed E-state index contributed by atoms with van der Waals surface area (Å²) in [5.74, 6) is -0.361. The van der Waals surface area contributed by atoms with Gasteiger partial charge in [-0.05, 0) is 5.92 Å². The lowest BCUT2D eigenvalue weighted by Crippen LogP contribution is -2.60. The van der Waals surface area contributed by atoms with Gasteiger partial charge < -0.3 is 32.0 Å². The molecule has 0 spiro atoms. The number of β-amino-alcohol motifs (C(OH)–C–C–N with tert-alkyl or cyclic N) is 1. The van der Waals surface area contributed by atoms with E-state index in [9.17, 15) is 9.90 Å². The number of nitrogens with two attached hydrogens (primary N) is 2. The second-order valence-electron chi connectivity index (χ2n) is 6.25. The van der Waals surface area contributed by atoms with Crippen LogP contribution in [0.4, 0.5) is 0 Å². The minimum absolute atomic E-state index is 0.0777. The predicted molar refractivity (Wildman–Crippen MR) is 92.6 cm³/mol. The molecule has 9 heteroatoms. The predicted octanol–water partition coefficient (Wildman–Crippen LogP) is -0.720. The number of rotatable bonds is 7. The third-order valence-electron chi connectivity index (χ3n) is 4.60. The third-order valence-corrected chi connectivity index (χ3v) is 4.60. The first-order valence-corrected chi connectivity index (χ1v) is 8.29. The number of nitrogens with one attached hydrogen (secondary N) is 1. The number of hydrogen-bond donors (Lipinski definition) is 5. The molecule has 0 aromatic rings. The van der Waals surface area contributed by atoms with Crippen LogP contribution in [0.25, 0.3) is 0 Å². The van der Waals surface area contributed by atoms with Gasteiger partial charge in [0.25, 0.3) is 0 Å². The maximum Gasteiger partial charge on any atom is 0.217 e. The number of carbonyl (C=O) groups is 1. The summed E-state index contributed by atoms with van der Waals surface area (Å²) in [5.41, 5.74) is 11.1. The number of carbonyl (C=O) groups excluding carboxylic acids is 1. The Labute approximate surface area is 142 Å². The normalized spacial score (nSPS) is 25.7. The molecule has 0 aromatic heterocycles. The summed E-state index contributed by atoms with van der Waals surface area (Å²) in [4.78, 5) is 17.6. The number of aliphatic hydroxyl groups excluding tert-OH is 1. The summed E-state index contributed by atoms with van der Waals surface area (Å²) in [6.07, 6.45) is 2.18. The van der Waals surface area contributed by atoms with Crippen LogP contribution in [0.1, 0.15) is 33.6 Å². The van der Waals surface area contributed by atoms with E-state index in [0.717, 1.165) is 12.8 Å². The summed E-state index contributed by atoms with van der Waals surface area (Å²) >= 11 is 0. The van der Waals surface area contributed by atoms with E-state index in [0.29, 0.717) is 6.54 Å². The second kappa shape index (κ2) is 9.31. The Bertz CT molecular complexity index is 462. The van der Waals surface area contributed by atoms with Crippen molar-refractivity contribution in [3.05, 3.63) is 0 Å². The molecule has 4 unspecified atom stereocenters. The highest BCUT2D eigenvalue weighted by atomic mass is 16.4. The van der Waals surface area contributed by atoms with Gasteiger partial charge in [0.1, 0.15) is 6.34 Å². The molecule has 0 bridgehead atoms. The zero-order chi connectivity index (χ0) is 18.3. The average Bonchev–Trinajstić information content (AvgIpc) is 2.46. The number of likely N-dealkylation sites (tertiary alicyclic amines) is 1. The van der Waals surface area contributed by atoms with Gasteiger partial charge in [0.15, 0.2) is 5.96 Å². The highest BCUT2D eigenvalue weighted by Gasteiger charge is 2.43. The van der Waals surface area contributed by atoms with Crippen LogP contribution in [0.5, 0.6) is 0 Å².